The molecule has 0 radical (unpaired) electrons. The topological polar surface area (TPSA) is 74.2 Å². The summed E-state index contributed by atoms with van der Waals surface area (Å²) in [5.41, 5.74) is 0.893. The number of nitrogens with zero attached hydrogens (tertiary/aromatic N) is 1. The highest BCUT2D eigenvalue weighted by Crippen LogP contribution is 2.19. The molecule has 1 heterocycles. The third-order valence-corrected chi connectivity index (χ3v) is 4.41. The minimum absolute atomic E-state index is 0.00816. The van der Waals surface area contributed by atoms with Gasteiger partial charge in [0.25, 0.3) is 0 Å². The van der Waals surface area contributed by atoms with Crippen LogP contribution in [0.2, 0.25) is 0 Å². The van der Waals surface area contributed by atoms with Gasteiger partial charge in [-0.15, -0.1) is 11.3 Å². The molecule has 2 amide bonds. The quantitative estimate of drug-likeness (QED) is 0.727. The number of aliphatic hydroxyl groups is 1. The van der Waals surface area contributed by atoms with Crippen molar-refractivity contribution < 1.29 is 9.90 Å². The maximum absolute atomic E-state index is 11.8. The molecule has 3 N–H and O–H groups in total. The standard InChI is InChI=1S/C14H21N3O2S/c1-9(2)13-16-12(8-20-13)6-15-14(19)17-11-4-3-10(5-11)7-18/h3-4,8-11,18H,5-7H2,1-2H3,(H2,15,17,19)/t10-,11+/m0/s1. The number of aliphatic hydroxyl groups excluding tert-OH is 1. The molecule has 2 atom stereocenters. The Kier molecular flexibility index (Phi) is 5.14. The second-order valence-corrected chi connectivity index (χ2v) is 6.22. The molecule has 5 nitrogen and oxygen atoms in total. The van der Waals surface area contributed by atoms with Crippen LogP contribution in [0.25, 0.3) is 0 Å². The van der Waals surface area contributed by atoms with E-state index < -0.39 is 0 Å². The summed E-state index contributed by atoms with van der Waals surface area (Å²) in [6, 6.07) is -0.189. The molecule has 20 heavy (non-hydrogen) atoms. The van der Waals surface area contributed by atoms with Gasteiger partial charge in [-0.3, -0.25) is 0 Å². The summed E-state index contributed by atoms with van der Waals surface area (Å²) < 4.78 is 0. The number of hydrogen-bond donors (Lipinski definition) is 3. The highest BCUT2D eigenvalue weighted by Gasteiger charge is 2.19. The van der Waals surface area contributed by atoms with Gasteiger partial charge in [-0.25, -0.2) is 9.78 Å². The Morgan fingerprint density at radius 2 is 2.35 bits per heavy atom. The van der Waals surface area contributed by atoms with E-state index in [9.17, 15) is 4.79 Å². The van der Waals surface area contributed by atoms with Gasteiger partial charge < -0.3 is 15.7 Å². The van der Waals surface area contributed by atoms with E-state index >= 15 is 0 Å². The van der Waals surface area contributed by atoms with Crippen molar-refractivity contribution in [3.8, 4) is 0 Å². The second kappa shape index (κ2) is 6.85. The predicted molar refractivity (Wildman–Crippen MR) is 79.7 cm³/mol. The first kappa shape index (κ1) is 15.0. The Balaban J connectivity index is 1.73. The fraction of sp³-hybridized carbons (Fsp3) is 0.571. The maximum atomic E-state index is 11.8. The lowest BCUT2D eigenvalue weighted by molar-refractivity contribution is 0.231. The van der Waals surface area contributed by atoms with Gasteiger partial charge in [-0.1, -0.05) is 26.0 Å². The van der Waals surface area contributed by atoms with Gasteiger partial charge in [0.2, 0.25) is 0 Å². The number of nitrogens with one attached hydrogen (secondary N) is 2. The van der Waals surface area contributed by atoms with Crippen molar-refractivity contribution in [1.82, 2.24) is 15.6 Å². The molecule has 0 unspecified atom stereocenters. The van der Waals surface area contributed by atoms with Crippen molar-refractivity contribution in [1.29, 1.82) is 0 Å². The molecule has 0 aromatic carbocycles. The van der Waals surface area contributed by atoms with E-state index in [1.54, 1.807) is 11.3 Å². The third kappa shape index (κ3) is 4.05. The molecule has 0 saturated heterocycles. The van der Waals surface area contributed by atoms with E-state index in [0.29, 0.717) is 12.5 Å². The largest absolute Gasteiger partial charge is 0.396 e. The first-order chi connectivity index (χ1) is 9.58. The third-order valence-electron chi connectivity index (χ3n) is 3.22. The Bertz CT molecular complexity index is 485. The molecule has 110 valence electrons. The summed E-state index contributed by atoms with van der Waals surface area (Å²) in [6.45, 7) is 4.78. The molecule has 1 aliphatic carbocycles. The van der Waals surface area contributed by atoms with E-state index in [0.717, 1.165) is 17.1 Å². The van der Waals surface area contributed by atoms with Crippen LogP contribution in [0.3, 0.4) is 0 Å². The number of carbonyl (C=O) groups is 1. The monoisotopic (exact) mass is 295 g/mol. The fourth-order valence-electron chi connectivity index (χ4n) is 2.08. The van der Waals surface area contributed by atoms with Crippen LogP contribution < -0.4 is 10.6 Å². The average molecular weight is 295 g/mol. The van der Waals surface area contributed by atoms with Crippen LogP contribution in [0, 0.1) is 5.92 Å². The highest BCUT2D eigenvalue weighted by molar-refractivity contribution is 7.09. The average Bonchev–Trinajstić information content (AvgIpc) is 3.05. The van der Waals surface area contributed by atoms with E-state index in [1.165, 1.54) is 0 Å². The molecule has 1 aromatic rings. The zero-order valence-corrected chi connectivity index (χ0v) is 12.6. The molecule has 0 saturated carbocycles. The van der Waals surface area contributed by atoms with Gasteiger partial charge in [-0.2, -0.15) is 0 Å². The van der Waals surface area contributed by atoms with Crippen LogP contribution >= 0.6 is 11.3 Å². The predicted octanol–water partition coefficient (Wildman–Crippen LogP) is 2.00. The lowest BCUT2D eigenvalue weighted by Crippen LogP contribution is -2.40. The zero-order chi connectivity index (χ0) is 14.5. The van der Waals surface area contributed by atoms with E-state index in [2.05, 4.69) is 29.5 Å². The number of thiazole rings is 1. The zero-order valence-electron chi connectivity index (χ0n) is 11.8. The van der Waals surface area contributed by atoms with Crippen molar-refractivity contribution in [3.05, 3.63) is 28.2 Å². The number of urea groups is 1. The number of rotatable bonds is 5. The fourth-order valence-corrected chi connectivity index (χ4v) is 2.91. The van der Waals surface area contributed by atoms with Crippen LogP contribution in [-0.2, 0) is 6.54 Å². The van der Waals surface area contributed by atoms with E-state index in [1.807, 2.05) is 17.5 Å². The molecule has 1 aliphatic rings. The summed E-state index contributed by atoms with van der Waals surface area (Å²) >= 11 is 1.62. The van der Waals surface area contributed by atoms with E-state index in [-0.39, 0.29) is 24.6 Å². The lowest BCUT2D eigenvalue weighted by Gasteiger charge is -2.13. The highest BCUT2D eigenvalue weighted by atomic mass is 32.1. The van der Waals surface area contributed by atoms with Crippen LogP contribution in [-0.4, -0.2) is 28.8 Å². The van der Waals surface area contributed by atoms with Crippen molar-refractivity contribution in [2.45, 2.75) is 38.8 Å². The number of amides is 2. The van der Waals surface area contributed by atoms with Crippen molar-refractivity contribution >= 4 is 17.4 Å². The SMILES string of the molecule is CC(C)c1nc(CNC(=O)N[C@@H]2C=C[C@H](CO)C2)cs1. The molecule has 0 bridgehead atoms. The number of aromatic nitrogens is 1. The van der Waals surface area contributed by atoms with Gasteiger partial charge in [0.05, 0.1) is 17.2 Å². The molecule has 6 heteroatoms. The normalized spacial score (nSPS) is 21.4. The second-order valence-electron chi connectivity index (χ2n) is 5.33. The van der Waals surface area contributed by atoms with Crippen LogP contribution in [0.1, 0.15) is 36.9 Å². The van der Waals surface area contributed by atoms with E-state index in [4.69, 9.17) is 5.11 Å². The number of hydrogen-bond acceptors (Lipinski definition) is 4. The molecular formula is C14H21N3O2S. The molecule has 1 aromatic heterocycles. The molecule has 0 aliphatic heterocycles. The van der Waals surface area contributed by atoms with Gasteiger partial charge in [-0.05, 0) is 6.42 Å². The van der Waals surface area contributed by atoms with Crippen molar-refractivity contribution in [3.63, 3.8) is 0 Å². The Morgan fingerprint density at radius 3 is 2.95 bits per heavy atom. The summed E-state index contributed by atoms with van der Waals surface area (Å²) in [5, 5.41) is 17.8. The molecule has 2 rings (SSSR count). The first-order valence-corrected chi connectivity index (χ1v) is 7.74. The Morgan fingerprint density at radius 1 is 1.55 bits per heavy atom. The Hall–Kier alpha value is -1.40. The van der Waals surface area contributed by atoms with Gasteiger partial charge in [0.15, 0.2) is 0 Å². The summed E-state index contributed by atoms with van der Waals surface area (Å²) in [5.74, 6) is 0.578. The van der Waals surface area contributed by atoms with Gasteiger partial charge >= 0.3 is 6.03 Å². The van der Waals surface area contributed by atoms with Gasteiger partial charge in [0, 0.05) is 29.9 Å². The van der Waals surface area contributed by atoms with Crippen LogP contribution in [0.15, 0.2) is 17.5 Å². The van der Waals surface area contributed by atoms with Crippen LogP contribution in [0.4, 0.5) is 4.79 Å². The number of carbonyl (C=O) groups excluding carboxylic acids is 1. The summed E-state index contributed by atoms with van der Waals surface area (Å²) in [4.78, 5) is 16.2. The maximum Gasteiger partial charge on any atom is 0.315 e. The minimum atomic E-state index is -0.197. The lowest BCUT2D eigenvalue weighted by atomic mass is 10.1. The molecular weight excluding hydrogens is 274 g/mol. The van der Waals surface area contributed by atoms with Crippen LogP contribution in [0.5, 0.6) is 0 Å². The van der Waals surface area contributed by atoms with Crippen molar-refractivity contribution in [2.75, 3.05) is 6.61 Å². The smallest absolute Gasteiger partial charge is 0.315 e. The molecule has 0 fully saturated rings. The first-order valence-electron chi connectivity index (χ1n) is 6.86. The minimum Gasteiger partial charge on any atom is -0.396 e. The van der Waals surface area contributed by atoms with Crippen molar-refractivity contribution in [2.24, 2.45) is 5.92 Å². The van der Waals surface area contributed by atoms with Gasteiger partial charge in [0.1, 0.15) is 0 Å². The molecule has 0 spiro atoms. The summed E-state index contributed by atoms with van der Waals surface area (Å²) in [6.07, 6.45) is 4.64. The Labute approximate surface area is 123 Å². The summed E-state index contributed by atoms with van der Waals surface area (Å²) in [7, 11) is 0.